The molecule has 0 aliphatic heterocycles. The van der Waals surface area contributed by atoms with Crippen LogP contribution in [0.5, 0.6) is 0 Å². The lowest BCUT2D eigenvalue weighted by Crippen LogP contribution is -2.13. The van der Waals surface area contributed by atoms with Crippen molar-refractivity contribution in [2.45, 2.75) is 0 Å². The summed E-state index contributed by atoms with van der Waals surface area (Å²) < 4.78 is 0. The number of carbonyl (C=O) groups excluding carboxylic acids is 1. The molecule has 1 N–H and O–H groups in total. The van der Waals surface area contributed by atoms with Gasteiger partial charge in [0.2, 0.25) is 0 Å². The van der Waals surface area contributed by atoms with Gasteiger partial charge in [0, 0.05) is 21.1 Å². The van der Waals surface area contributed by atoms with Crippen molar-refractivity contribution in [2.24, 2.45) is 0 Å². The van der Waals surface area contributed by atoms with Crippen molar-refractivity contribution in [2.75, 3.05) is 5.32 Å². The molecule has 0 spiro atoms. The third-order valence-electron chi connectivity index (χ3n) is 3.85. The van der Waals surface area contributed by atoms with Crippen LogP contribution in [0, 0.1) is 0 Å². The maximum Gasteiger partial charge on any atom is 0.256 e. The molecule has 0 atom stereocenters. The lowest BCUT2D eigenvalue weighted by atomic mass is 10.1. The average molecular weight is 399 g/mol. The summed E-state index contributed by atoms with van der Waals surface area (Å²) in [7, 11) is 0. The van der Waals surface area contributed by atoms with Crippen molar-refractivity contribution >= 4 is 57.0 Å². The molecule has 6 heteroatoms. The monoisotopic (exact) mass is 398 g/mol. The van der Waals surface area contributed by atoms with E-state index in [0.717, 1.165) is 21.5 Å². The van der Waals surface area contributed by atoms with Crippen molar-refractivity contribution in [3.63, 3.8) is 0 Å². The molecule has 2 aromatic heterocycles. The number of thiophene rings is 1. The van der Waals surface area contributed by atoms with Crippen LogP contribution in [0.4, 0.5) is 5.69 Å². The van der Waals surface area contributed by atoms with E-state index in [1.54, 1.807) is 29.5 Å². The first-order valence-corrected chi connectivity index (χ1v) is 9.45. The number of halogens is 2. The molecule has 0 aliphatic rings. The number of hydrogen-bond donors (Lipinski definition) is 1. The highest BCUT2D eigenvalue weighted by molar-refractivity contribution is 7.13. The van der Waals surface area contributed by atoms with Crippen molar-refractivity contribution < 1.29 is 4.79 Å². The number of rotatable bonds is 3. The van der Waals surface area contributed by atoms with Crippen molar-refractivity contribution in [1.82, 2.24) is 4.98 Å². The van der Waals surface area contributed by atoms with E-state index in [1.807, 2.05) is 47.8 Å². The number of pyridine rings is 1. The Labute approximate surface area is 164 Å². The smallest absolute Gasteiger partial charge is 0.256 e. The van der Waals surface area contributed by atoms with Gasteiger partial charge in [-0.1, -0.05) is 47.5 Å². The molecular formula is C20H12Cl2N2OS. The van der Waals surface area contributed by atoms with Gasteiger partial charge >= 0.3 is 0 Å². The first kappa shape index (κ1) is 17.0. The van der Waals surface area contributed by atoms with E-state index in [-0.39, 0.29) is 5.91 Å². The highest BCUT2D eigenvalue weighted by Gasteiger charge is 2.15. The Balaban J connectivity index is 1.80. The van der Waals surface area contributed by atoms with Gasteiger partial charge in [-0.3, -0.25) is 4.79 Å². The van der Waals surface area contributed by atoms with Gasteiger partial charge in [0.25, 0.3) is 5.91 Å². The number of carbonyl (C=O) groups is 1. The minimum Gasteiger partial charge on any atom is -0.322 e. The largest absolute Gasteiger partial charge is 0.322 e. The third-order valence-corrected chi connectivity index (χ3v) is 5.18. The van der Waals surface area contributed by atoms with Crippen LogP contribution in [0.1, 0.15) is 10.4 Å². The number of aromatic nitrogens is 1. The number of nitrogens with one attached hydrogen (secondary N) is 1. The number of amides is 1. The second kappa shape index (κ2) is 7.08. The fourth-order valence-electron chi connectivity index (χ4n) is 2.74. The number of nitrogens with zero attached hydrogens (tertiary/aromatic N) is 1. The zero-order valence-electron chi connectivity index (χ0n) is 13.4. The first-order chi connectivity index (χ1) is 12.6. The van der Waals surface area contributed by atoms with Gasteiger partial charge in [-0.15, -0.1) is 11.3 Å². The summed E-state index contributed by atoms with van der Waals surface area (Å²) in [6, 6.07) is 18.3. The number of fused-ring (bicyclic) bond motifs is 1. The summed E-state index contributed by atoms with van der Waals surface area (Å²) in [5.41, 5.74) is 2.64. The normalized spacial score (nSPS) is 10.8. The fraction of sp³-hybridized carbons (Fsp3) is 0. The highest BCUT2D eigenvalue weighted by Crippen LogP contribution is 2.29. The molecular weight excluding hydrogens is 387 g/mol. The number of para-hydroxylation sites is 1. The Bertz CT molecular complexity index is 1090. The second-order valence-corrected chi connectivity index (χ2v) is 7.48. The van der Waals surface area contributed by atoms with E-state index >= 15 is 0 Å². The summed E-state index contributed by atoms with van der Waals surface area (Å²) in [5, 5.41) is 6.58. The van der Waals surface area contributed by atoms with Crippen LogP contribution < -0.4 is 5.32 Å². The second-order valence-electron chi connectivity index (χ2n) is 5.66. The number of benzene rings is 2. The molecule has 0 saturated heterocycles. The van der Waals surface area contributed by atoms with E-state index < -0.39 is 0 Å². The van der Waals surface area contributed by atoms with Gasteiger partial charge in [0.15, 0.2) is 0 Å². The van der Waals surface area contributed by atoms with Gasteiger partial charge < -0.3 is 5.32 Å². The molecule has 0 aliphatic carbocycles. The van der Waals surface area contributed by atoms with Crippen LogP contribution in [0.3, 0.4) is 0 Å². The maximum atomic E-state index is 13.0. The van der Waals surface area contributed by atoms with E-state index in [2.05, 4.69) is 10.3 Å². The molecule has 1 amide bonds. The Morgan fingerprint density at radius 1 is 0.962 bits per heavy atom. The Morgan fingerprint density at radius 2 is 1.73 bits per heavy atom. The van der Waals surface area contributed by atoms with Gasteiger partial charge in [0.05, 0.1) is 21.7 Å². The molecule has 4 rings (SSSR count). The van der Waals surface area contributed by atoms with Crippen LogP contribution in [0.2, 0.25) is 10.0 Å². The standard InChI is InChI=1S/C20H12Cl2N2OS/c21-12-8-13(22)10-14(9-12)23-20(25)16-11-18(19-6-3-7-26-19)24-17-5-2-1-4-15(16)17/h1-11H,(H,23,25). The zero-order valence-corrected chi connectivity index (χ0v) is 15.7. The highest BCUT2D eigenvalue weighted by atomic mass is 35.5. The molecule has 2 aromatic carbocycles. The minimum absolute atomic E-state index is 0.236. The third kappa shape index (κ3) is 3.44. The van der Waals surface area contributed by atoms with E-state index in [1.165, 1.54) is 0 Å². The van der Waals surface area contributed by atoms with Gasteiger partial charge in [0.1, 0.15) is 0 Å². The summed E-state index contributed by atoms with van der Waals surface area (Å²) in [6.45, 7) is 0. The first-order valence-electron chi connectivity index (χ1n) is 7.81. The Hall–Kier alpha value is -2.40. The fourth-order valence-corrected chi connectivity index (χ4v) is 3.95. The lowest BCUT2D eigenvalue weighted by molar-refractivity contribution is 0.102. The molecule has 0 saturated carbocycles. The molecule has 2 heterocycles. The summed E-state index contributed by atoms with van der Waals surface area (Å²) in [4.78, 5) is 18.6. The Morgan fingerprint density at radius 3 is 2.46 bits per heavy atom. The quantitative estimate of drug-likeness (QED) is 0.426. The predicted molar refractivity (Wildman–Crippen MR) is 109 cm³/mol. The average Bonchev–Trinajstić information content (AvgIpc) is 3.14. The van der Waals surface area contributed by atoms with E-state index in [0.29, 0.717) is 21.3 Å². The molecule has 4 aromatic rings. The topological polar surface area (TPSA) is 42.0 Å². The lowest BCUT2D eigenvalue weighted by Gasteiger charge is -2.10. The van der Waals surface area contributed by atoms with Crippen LogP contribution in [-0.2, 0) is 0 Å². The minimum atomic E-state index is -0.236. The van der Waals surface area contributed by atoms with Gasteiger partial charge in [-0.05, 0) is 41.8 Å². The summed E-state index contributed by atoms with van der Waals surface area (Å²) in [5.74, 6) is -0.236. The summed E-state index contributed by atoms with van der Waals surface area (Å²) >= 11 is 13.6. The van der Waals surface area contributed by atoms with Crippen molar-refractivity contribution in [3.8, 4) is 10.6 Å². The number of hydrogen-bond acceptors (Lipinski definition) is 3. The molecule has 128 valence electrons. The Kier molecular flexibility index (Phi) is 4.64. The van der Waals surface area contributed by atoms with Crippen LogP contribution in [-0.4, -0.2) is 10.9 Å². The maximum absolute atomic E-state index is 13.0. The van der Waals surface area contributed by atoms with Crippen molar-refractivity contribution in [1.29, 1.82) is 0 Å². The van der Waals surface area contributed by atoms with Crippen LogP contribution >= 0.6 is 34.5 Å². The molecule has 0 bridgehead atoms. The zero-order chi connectivity index (χ0) is 18.1. The van der Waals surface area contributed by atoms with Crippen LogP contribution in [0.25, 0.3) is 21.5 Å². The van der Waals surface area contributed by atoms with E-state index in [9.17, 15) is 4.79 Å². The number of anilines is 1. The molecule has 0 radical (unpaired) electrons. The SMILES string of the molecule is O=C(Nc1cc(Cl)cc(Cl)c1)c1cc(-c2cccs2)nc2ccccc12. The predicted octanol–water partition coefficient (Wildman–Crippen LogP) is 6.52. The van der Waals surface area contributed by atoms with E-state index in [4.69, 9.17) is 23.2 Å². The van der Waals surface area contributed by atoms with Gasteiger partial charge in [-0.2, -0.15) is 0 Å². The summed E-state index contributed by atoms with van der Waals surface area (Å²) in [6.07, 6.45) is 0. The van der Waals surface area contributed by atoms with Gasteiger partial charge in [-0.25, -0.2) is 4.98 Å². The van der Waals surface area contributed by atoms with Crippen molar-refractivity contribution in [3.05, 3.63) is 81.7 Å². The molecule has 0 fully saturated rings. The molecule has 0 unspecified atom stereocenters. The molecule has 3 nitrogen and oxygen atoms in total. The molecule has 26 heavy (non-hydrogen) atoms. The van der Waals surface area contributed by atoms with Crippen LogP contribution in [0.15, 0.2) is 66.0 Å².